The van der Waals surface area contributed by atoms with Gasteiger partial charge in [-0.15, -0.1) is 5.10 Å². The van der Waals surface area contributed by atoms with Gasteiger partial charge in [0.05, 0.1) is 18.2 Å². The number of aryl methyl sites for hydroxylation is 2. The summed E-state index contributed by atoms with van der Waals surface area (Å²) in [4.78, 5) is 26.1. The van der Waals surface area contributed by atoms with E-state index in [2.05, 4.69) is 25.4 Å². The molecule has 4 rings (SSSR count). The molecule has 0 saturated carbocycles. The van der Waals surface area contributed by atoms with Crippen LogP contribution in [0.15, 0.2) is 53.8 Å². The molecule has 4 aromatic rings. The number of ether oxygens (including phenoxy) is 1. The Kier molecular flexibility index (Phi) is 6.88. The number of hydrogen-bond acceptors (Lipinski definition) is 7. The van der Waals surface area contributed by atoms with Crippen molar-refractivity contribution >= 4 is 23.4 Å². The van der Waals surface area contributed by atoms with Crippen LogP contribution in [-0.2, 0) is 17.8 Å². The minimum atomic E-state index is -0.178. The number of pyridine rings is 1. The lowest BCUT2D eigenvalue weighted by Gasteiger charge is -2.17. The summed E-state index contributed by atoms with van der Waals surface area (Å²) < 4.78 is 7.57. The van der Waals surface area contributed by atoms with Crippen LogP contribution >= 0.6 is 11.8 Å². The second-order valence-electron chi connectivity index (χ2n) is 7.72. The number of fused-ring (bicyclic) bond motifs is 1. The van der Waals surface area contributed by atoms with Crippen LogP contribution in [0.25, 0.3) is 5.78 Å². The Morgan fingerprint density at radius 3 is 2.79 bits per heavy atom. The zero-order chi connectivity index (χ0) is 23.4. The van der Waals surface area contributed by atoms with Crippen LogP contribution < -0.4 is 10.1 Å². The molecule has 9 heteroatoms. The predicted molar refractivity (Wildman–Crippen MR) is 127 cm³/mol. The minimum Gasteiger partial charge on any atom is -0.487 e. The van der Waals surface area contributed by atoms with E-state index < -0.39 is 0 Å². The smallest absolute Gasteiger partial charge is 0.253 e. The molecule has 0 aliphatic heterocycles. The van der Waals surface area contributed by atoms with Crippen LogP contribution in [0.1, 0.15) is 41.2 Å². The van der Waals surface area contributed by atoms with Gasteiger partial charge in [0.2, 0.25) is 11.1 Å². The van der Waals surface area contributed by atoms with E-state index >= 15 is 0 Å². The number of carbonyl (C=O) groups excluding carboxylic acids is 1. The highest BCUT2D eigenvalue weighted by atomic mass is 32.2. The Labute approximate surface area is 196 Å². The average Bonchev–Trinajstić information content (AvgIpc) is 3.24. The first-order valence-corrected chi connectivity index (χ1v) is 11.9. The molecule has 1 N–H and O–H groups in total. The van der Waals surface area contributed by atoms with Crippen LogP contribution in [0.2, 0.25) is 0 Å². The van der Waals surface area contributed by atoms with Crippen molar-refractivity contribution in [2.45, 2.75) is 45.0 Å². The van der Waals surface area contributed by atoms with E-state index in [1.165, 1.54) is 11.8 Å². The second kappa shape index (κ2) is 9.99. The maximum absolute atomic E-state index is 12.9. The fourth-order valence-corrected chi connectivity index (χ4v) is 3.92. The van der Waals surface area contributed by atoms with Gasteiger partial charge in [0.25, 0.3) is 5.78 Å². The Morgan fingerprint density at radius 1 is 1.18 bits per heavy atom. The van der Waals surface area contributed by atoms with Gasteiger partial charge in [-0.25, -0.2) is 9.50 Å². The van der Waals surface area contributed by atoms with E-state index in [9.17, 15) is 4.79 Å². The molecule has 170 valence electrons. The normalized spacial score (nSPS) is 12.0. The summed E-state index contributed by atoms with van der Waals surface area (Å²) in [7, 11) is 0. The third-order valence-electron chi connectivity index (χ3n) is 5.40. The first-order chi connectivity index (χ1) is 15.9. The number of nitrogens with one attached hydrogen (secondary N) is 1. The monoisotopic (exact) mass is 462 g/mol. The molecule has 3 aromatic heterocycles. The van der Waals surface area contributed by atoms with Gasteiger partial charge >= 0.3 is 0 Å². The fraction of sp³-hybridized carbons (Fsp3) is 0.292. The van der Waals surface area contributed by atoms with Gasteiger partial charge < -0.3 is 10.1 Å². The van der Waals surface area contributed by atoms with Gasteiger partial charge in [-0.1, -0.05) is 30.0 Å². The number of hydrogen-bond donors (Lipinski definition) is 1. The summed E-state index contributed by atoms with van der Waals surface area (Å²) >= 11 is 1.46. The van der Waals surface area contributed by atoms with Gasteiger partial charge in [0.1, 0.15) is 12.4 Å². The number of rotatable bonds is 8. The Balaban J connectivity index is 1.42. The molecule has 0 radical (unpaired) electrons. The summed E-state index contributed by atoms with van der Waals surface area (Å²) in [6.45, 7) is 6.18. The number of nitrogens with zero attached hydrogens (tertiary/aromatic N) is 5. The Hall–Kier alpha value is -3.46. The molecule has 0 spiro atoms. The van der Waals surface area contributed by atoms with Gasteiger partial charge in [-0.2, -0.15) is 4.98 Å². The van der Waals surface area contributed by atoms with Gasteiger partial charge in [-0.3, -0.25) is 9.78 Å². The summed E-state index contributed by atoms with van der Waals surface area (Å²) in [5, 5.41) is 8.19. The molecular weight excluding hydrogens is 436 g/mol. The highest BCUT2D eigenvalue weighted by Gasteiger charge is 2.17. The predicted octanol–water partition coefficient (Wildman–Crippen LogP) is 3.86. The van der Waals surface area contributed by atoms with Gasteiger partial charge in [0, 0.05) is 23.1 Å². The summed E-state index contributed by atoms with van der Waals surface area (Å²) in [5.41, 5.74) is 4.34. The molecule has 3 heterocycles. The topological polar surface area (TPSA) is 94.3 Å². The van der Waals surface area contributed by atoms with Crippen LogP contribution in [0.5, 0.6) is 5.75 Å². The first-order valence-electron chi connectivity index (χ1n) is 10.6. The Bertz CT molecular complexity index is 1270. The highest BCUT2D eigenvalue weighted by molar-refractivity contribution is 7.98. The molecule has 1 unspecified atom stereocenters. The molecular formula is C24H26N6O2S. The summed E-state index contributed by atoms with van der Waals surface area (Å²) in [5.74, 6) is 1.20. The quantitative estimate of drug-likeness (QED) is 0.397. The van der Waals surface area contributed by atoms with Crippen LogP contribution in [0.3, 0.4) is 0 Å². The van der Waals surface area contributed by atoms with Crippen molar-refractivity contribution in [2.24, 2.45) is 0 Å². The van der Waals surface area contributed by atoms with Crippen molar-refractivity contribution in [3.05, 3.63) is 76.9 Å². The SMILES string of the molecule is CSc1nc2nc(C)c(CC(=O)NC(C)c3cccc(OCc4ccccn4)c3)c(C)n2n1. The Morgan fingerprint density at radius 2 is 2.03 bits per heavy atom. The maximum Gasteiger partial charge on any atom is 0.253 e. The third-order valence-corrected chi connectivity index (χ3v) is 5.94. The highest BCUT2D eigenvalue weighted by Crippen LogP contribution is 2.21. The molecule has 0 aliphatic carbocycles. The standard InChI is InChI=1S/C24H26N6O2S/c1-15(18-8-7-10-20(12-18)32-14-19-9-5-6-11-25-19)26-22(31)13-21-16(2)27-23-28-24(33-4)29-30(23)17(21)3/h5-12,15H,13-14H2,1-4H3,(H,26,31). The number of benzene rings is 1. The number of thioether (sulfide) groups is 1. The van der Waals surface area contributed by atoms with Gasteiger partial charge in [-0.05, 0) is 56.9 Å². The lowest BCUT2D eigenvalue weighted by atomic mass is 10.1. The van der Waals surface area contributed by atoms with E-state index in [4.69, 9.17) is 4.74 Å². The van der Waals surface area contributed by atoms with Crippen LogP contribution in [-0.4, -0.2) is 36.7 Å². The molecule has 0 bridgehead atoms. The fourth-order valence-electron chi connectivity index (χ4n) is 3.58. The van der Waals surface area contributed by atoms with Crippen molar-refractivity contribution in [1.29, 1.82) is 0 Å². The van der Waals surface area contributed by atoms with Crippen molar-refractivity contribution in [2.75, 3.05) is 6.26 Å². The van der Waals surface area contributed by atoms with Crippen molar-refractivity contribution < 1.29 is 9.53 Å². The van der Waals surface area contributed by atoms with E-state index in [0.717, 1.165) is 34.0 Å². The molecule has 0 saturated heterocycles. The molecule has 0 fully saturated rings. The van der Waals surface area contributed by atoms with Crippen LogP contribution in [0.4, 0.5) is 0 Å². The average molecular weight is 463 g/mol. The second-order valence-corrected chi connectivity index (χ2v) is 8.49. The third kappa shape index (κ3) is 5.31. The minimum absolute atomic E-state index is 0.0835. The van der Waals surface area contributed by atoms with Crippen molar-refractivity contribution in [3.63, 3.8) is 0 Å². The molecule has 1 amide bonds. The molecule has 8 nitrogen and oxygen atoms in total. The molecule has 1 atom stereocenters. The summed E-state index contributed by atoms with van der Waals surface area (Å²) in [6, 6.07) is 13.3. The van der Waals surface area contributed by atoms with Gasteiger partial charge in [0.15, 0.2) is 0 Å². The van der Waals surface area contributed by atoms with E-state index in [-0.39, 0.29) is 18.4 Å². The maximum atomic E-state index is 12.9. The van der Waals surface area contributed by atoms with Crippen LogP contribution in [0, 0.1) is 13.8 Å². The largest absolute Gasteiger partial charge is 0.487 e. The molecule has 0 aliphatic rings. The number of amides is 1. The van der Waals surface area contributed by atoms with E-state index in [1.807, 2.05) is 69.5 Å². The molecule has 1 aromatic carbocycles. The number of carbonyl (C=O) groups is 1. The summed E-state index contributed by atoms with van der Waals surface area (Å²) in [6.07, 6.45) is 3.88. The zero-order valence-electron chi connectivity index (χ0n) is 19.1. The lowest BCUT2D eigenvalue weighted by molar-refractivity contribution is -0.121. The van der Waals surface area contributed by atoms with Crippen molar-refractivity contribution in [3.8, 4) is 5.75 Å². The number of aromatic nitrogens is 5. The molecule has 33 heavy (non-hydrogen) atoms. The van der Waals surface area contributed by atoms with Crippen molar-refractivity contribution in [1.82, 2.24) is 29.9 Å². The lowest BCUT2D eigenvalue weighted by Crippen LogP contribution is -2.29. The van der Waals surface area contributed by atoms with E-state index in [0.29, 0.717) is 17.5 Å². The first kappa shape index (κ1) is 22.7. The zero-order valence-corrected chi connectivity index (χ0v) is 19.9. The van der Waals surface area contributed by atoms with E-state index in [1.54, 1.807) is 10.7 Å².